The molecular formula is C14H17FN2O3. The van der Waals surface area contributed by atoms with Crippen molar-refractivity contribution < 1.29 is 14.2 Å². The highest BCUT2D eigenvalue weighted by Gasteiger charge is 2.18. The van der Waals surface area contributed by atoms with Crippen LogP contribution in [0.15, 0.2) is 23.1 Å². The van der Waals surface area contributed by atoms with Crippen molar-refractivity contribution in [3.8, 4) is 5.88 Å². The Morgan fingerprint density at radius 3 is 2.70 bits per heavy atom. The van der Waals surface area contributed by atoms with Crippen LogP contribution in [0.25, 0.3) is 5.65 Å². The molecule has 0 saturated carbocycles. The first-order chi connectivity index (χ1) is 9.32. The molecule has 0 saturated heterocycles. The van der Waals surface area contributed by atoms with E-state index in [9.17, 15) is 9.18 Å². The van der Waals surface area contributed by atoms with Crippen LogP contribution in [0.3, 0.4) is 0 Å². The lowest BCUT2D eigenvalue weighted by atomic mass is 9.88. The zero-order chi connectivity index (χ0) is 14.9. The summed E-state index contributed by atoms with van der Waals surface area (Å²) in [5.74, 6) is -0.574. The number of halogens is 1. The van der Waals surface area contributed by atoms with Crippen LogP contribution in [0.5, 0.6) is 5.88 Å². The molecule has 5 nitrogen and oxygen atoms in total. The van der Waals surface area contributed by atoms with Gasteiger partial charge in [-0.2, -0.15) is 4.98 Å². The van der Waals surface area contributed by atoms with E-state index < -0.39 is 11.4 Å². The molecule has 6 heteroatoms. The normalized spacial score (nSPS) is 11.8. The summed E-state index contributed by atoms with van der Waals surface area (Å²) in [4.78, 5) is 16.0. The number of aliphatic hydroxyl groups excluding tert-OH is 1. The van der Waals surface area contributed by atoms with Crippen molar-refractivity contribution in [1.82, 2.24) is 9.38 Å². The largest absolute Gasteiger partial charge is 0.475 e. The molecule has 2 aromatic heterocycles. The molecule has 1 N–H and O–H groups in total. The van der Waals surface area contributed by atoms with Gasteiger partial charge in [0, 0.05) is 6.20 Å². The van der Waals surface area contributed by atoms with Gasteiger partial charge in [-0.1, -0.05) is 20.8 Å². The maximum Gasteiger partial charge on any atom is 0.261 e. The lowest BCUT2D eigenvalue weighted by Gasteiger charge is -2.19. The smallest absolute Gasteiger partial charge is 0.261 e. The van der Waals surface area contributed by atoms with Crippen LogP contribution in [0, 0.1) is 5.82 Å². The Morgan fingerprint density at radius 2 is 2.10 bits per heavy atom. The summed E-state index contributed by atoms with van der Waals surface area (Å²) >= 11 is 0. The minimum Gasteiger partial charge on any atom is -0.475 e. The Kier molecular flexibility index (Phi) is 3.76. The Morgan fingerprint density at radius 1 is 1.40 bits per heavy atom. The molecule has 2 aromatic rings. The van der Waals surface area contributed by atoms with E-state index in [4.69, 9.17) is 9.84 Å². The lowest BCUT2D eigenvalue weighted by molar-refractivity contribution is 0.196. The zero-order valence-electron chi connectivity index (χ0n) is 11.7. The van der Waals surface area contributed by atoms with Crippen LogP contribution in [-0.4, -0.2) is 27.7 Å². The Bertz CT molecular complexity index is 689. The third-order valence-electron chi connectivity index (χ3n) is 2.90. The maximum absolute atomic E-state index is 14.1. The number of nitrogens with zero attached hydrogens (tertiary/aromatic N) is 2. The molecule has 0 amide bonds. The van der Waals surface area contributed by atoms with E-state index in [0.29, 0.717) is 5.56 Å². The summed E-state index contributed by atoms with van der Waals surface area (Å²) in [6, 6.07) is 2.55. The second-order valence-corrected chi connectivity index (χ2v) is 5.53. The predicted molar refractivity (Wildman–Crippen MR) is 72.7 cm³/mol. The minimum absolute atomic E-state index is 0.00427. The highest BCUT2D eigenvalue weighted by atomic mass is 19.1. The van der Waals surface area contributed by atoms with Gasteiger partial charge < -0.3 is 9.84 Å². The number of hydrogen-bond donors (Lipinski definition) is 1. The second-order valence-electron chi connectivity index (χ2n) is 5.53. The van der Waals surface area contributed by atoms with Gasteiger partial charge in [0.1, 0.15) is 6.61 Å². The van der Waals surface area contributed by atoms with Crippen molar-refractivity contribution in [1.29, 1.82) is 0 Å². The highest BCUT2D eigenvalue weighted by Crippen LogP contribution is 2.23. The van der Waals surface area contributed by atoms with E-state index >= 15 is 0 Å². The van der Waals surface area contributed by atoms with Crippen LogP contribution >= 0.6 is 0 Å². The Labute approximate surface area is 115 Å². The molecule has 0 radical (unpaired) electrons. The van der Waals surface area contributed by atoms with Crippen LogP contribution in [0.2, 0.25) is 0 Å². The van der Waals surface area contributed by atoms with E-state index in [2.05, 4.69) is 4.98 Å². The van der Waals surface area contributed by atoms with Gasteiger partial charge in [-0.3, -0.25) is 9.20 Å². The molecule has 0 spiro atoms. The highest BCUT2D eigenvalue weighted by molar-refractivity contribution is 5.44. The van der Waals surface area contributed by atoms with Crippen LogP contribution in [0.4, 0.5) is 4.39 Å². The van der Waals surface area contributed by atoms with Crippen molar-refractivity contribution in [3.63, 3.8) is 0 Å². The summed E-state index contributed by atoms with van der Waals surface area (Å²) in [6.07, 6.45) is 1.59. The molecule has 0 aliphatic heterocycles. The average molecular weight is 280 g/mol. The molecular weight excluding hydrogens is 263 g/mol. The lowest BCUT2D eigenvalue weighted by Crippen LogP contribution is -2.20. The third-order valence-corrected chi connectivity index (χ3v) is 2.90. The number of fused-ring (bicyclic) bond motifs is 1. The fourth-order valence-corrected chi connectivity index (χ4v) is 1.78. The minimum atomic E-state index is -0.580. The van der Waals surface area contributed by atoms with E-state index in [0.717, 1.165) is 0 Å². The van der Waals surface area contributed by atoms with E-state index in [1.807, 2.05) is 20.8 Å². The molecule has 0 bridgehead atoms. The van der Waals surface area contributed by atoms with Crippen molar-refractivity contribution in [2.45, 2.75) is 26.2 Å². The van der Waals surface area contributed by atoms with Gasteiger partial charge in [0.2, 0.25) is 5.88 Å². The Hall–Kier alpha value is -1.95. The van der Waals surface area contributed by atoms with Gasteiger partial charge in [0.05, 0.1) is 12.7 Å². The van der Waals surface area contributed by atoms with Crippen molar-refractivity contribution in [3.05, 3.63) is 40.1 Å². The fourth-order valence-electron chi connectivity index (χ4n) is 1.78. The van der Waals surface area contributed by atoms with Crippen LogP contribution in [0.1, 0.15) is 26.3 Å². The number of ether oxygens (including phenoxy) is 1. The topological polar surface area (TPSA) is 63.8 Å². The predicted octanol–water partition coefficient (Wildman–Crippen LogP) is 1.50. The summed E-state index contributed by atoms with van der Waals surface area (Å²) in [5.41, 5.74) is -0.0811. The average Bonchev–Trinajstić information content (AvgIpc) is 2.36. The molecule has 0 unspecified atom stereocenters. The van der Waals surface area contributed by atoms with Gasteiger partial charge in [-0.25, -0.2) is 4.39 Å². The summed E-state index contributed by atoms with van der Waals surface area (Å²) in [6.45, 7) is 5.61. The first-order valence-corrected chi connectivity index (χ1v) is 6.30. The molecule has 20 heavy (non-hydrogen) atoms. The van der Waals surface area contributed by atoms with Crippen molar-refractivity contribution in [2.75, 3.05) is 13.2 Å². The van der Waals surface area contributed by atoms with Gasteiger partial charge in [0.25, 0.3) is 5.56 Å². The number of aromatic nitrogens is 2. The van der Waals surface area contributed by atoms with E-state index in [-0.39, 0.29) is 30.2 Å². The quantitative estimate of drug-likeness (QED) is 0.925. The number of pyridine rings is 1. The molecule has 2 rings (SSSR count). The monoisotopic (exact) mass is 280 g/mol. The van der Waals surface area contributed by atoms with Gasteiger partial charge in [0.15, 0.2) is 11.5 Å². The molecule has 0 aliphatic carbocycles. The molecule has 0 atom stereocenters. The van der Waals surface area contributed by atoms with Crippen LogP contribution in [-0.2, 0) is 5.41 Å². The molecule has 108 valence electrons. The number of aliphatic hydroxyl groups is 1. The number of hydrogen-bond acceptors (Lipinski definition) is 4. The van der Waals surface area contributed by atoms with Gasteiger partial charge in [-0.05, 0) is 17.0 Å². The summed E-state index contributed by atoms with van der Waals surface area (Å²) in [5, 5.41) is 8.68. The standard InChI is InChI=1S/C14H17FN2O3/c1-14(2,3)9-6-10(15)13-16-11(20-5-4-18)7-12(19)17(13)8-9/h6-8,18H,4-5H2,1-3H3. The van der Waals surface area contributed by atoms with Crippen molar-refractivity contribution >= 4 is 5.65 Å². The Balaban J connectivity index is 2.62. The maximum atomic E-state index is 14.1. The zero-order valence-corrected chi connectivity index (χ0v) is 11.7. The van der Waals surface area contributed by atoms with Crippen LogP contribution < -0.4 is 10.3 Å². The molecule has 0 fully saturated rings. The molecule has 0 aliphatic rings. The molecule has 0 aromatic carbocycles. The summed E-state index contributed by atoms with van der Waals surface area (Å²) < 4.78 is 20.4. The first kappa shape index (κ1) is 14.5. The van der Waals surface area contributed by atoms with E-state index in [1.54, 1.807) is 6.20 Å². The van der Waals surface area contributed by atoms with E-state index in [1.165, 1.54) is 16.5 Å². The number of rotatable bonds is 3. The van der Waals surface area contributed by atoms with Gasteiger partial charge >= 0.3 is 0 Å². The van der Waals surface area contributed by atoms with Gasteiger partial charge in [-0.15, -0.1) is 0 Å². The second kappa shape index (κ2) is 5.20. The van der Waals surface area contributed by atoms with Crippen molar-refractivity contribution in [2.24, 2.45) is 0 Å². The summed E-state index contributed by atoms with van der Waals surface area (Å²) in [7, 11) is 0. The fraction of sp³-hybridized carbons (Fsp3) is 0.429. The third kappa shape index (κ3) is 2.80. The SMILES string of the molecule is CC(C)(C)c1cc(F)c2nc(OCCO)cc(=O)n2c1. The molecule has 2 heterocycles. The first-order valence-electron chi connectivity index (χ1n) is 6.30.